The Morgan fingerprint density at radius 3 is 2.30 bits per heavy atom. The monoisotopic (exact) mass is 372 g/mol. The number of alkyl halides is 1. The summed E-state index contributed by atoms with van der Waals surface area (Å²) < 4.78 is 5.41. The van der Waals surface area contributed by atoms with Gasteiger partial charge in [-0.1, -0.05) is 51.3 Å². The molecule has 0 bridgehead atoms. The molecular formula is C16H15BrCl2O. The van der Waals surface area contributed by atoms with Crippen molar-refractivity contribution >= 4 is 39.1 Å². The van der Waals surface area contributed by atoms with Crippen molar-refractivity contribution in [3.8, 4) is 5.75 Å². The highest BCUT2D eigenvalue weighted by molar-refractivity contribution is 9.09. The van der Waals surface area contributed by atoms with Crippen LogP contribution in [0.3, 0.4) is 0 Å². The molecule has 0 spiro atoms. The molecule has 4 heteroatoms. The number of hydrogen-bond donors (Lipinski definition) is 0. The molecule has 106 valence electrons. The van der Waals surface area contributed by atoms with Gasteiger partial charge in [0.1, 0.15) is 5.75 Å². The van der Waals surface area contributed by atoms with Crippen LogP contribution in [0.25, 0.3) is 0 Å². The van der Waals surface area contributed by atoms with Crippen LogP contribution in [0.15, 0.2) is 30.3 Å². The van der Waals surface area contributed by atoms with Crippen LogP contribution < -0.4 is 4.74 Å². The lowest BCUT2D eigenvalue weighted by atomic mass is 9.99. The van der Waals surface area contributed by atoms with E-state index in [9.17, 15) is 0 Å². The maximum atomic E-state index is 6.38. The van der Waals surface area contributed by atoms with Gasteiger partial charge in [0.05, 0.1) is 11.9 Å². The highest BCUT2D eigenvalue weighted by Crippen LogP contribution is 2.41. The number of aryl methyl sites for hydroxylation is 2. The van der Waals surface area contributed by atoms with E-state index < -0.39 is 0 Å². The molecule has 0 N–H and O–H groups in total. The average molecular weight is 374 g/mol. The summed E-state index contributed by atoms with van der Waals surface area (Å²) >= 11 is 16.1. The van der Waals surface area contributed by atoms with Crippen LogP contribution in [0.5, 0.6) is 5.75 Å². The van der Waals surface area contributed by atoms with Crippen LogP contribution in [0.4, 0.5) is 0 Å². The smallest absolute Gasteiger partial charge is 0.125 e. The van der Waals surface area contributed by atoms with E-state index in [1.807, 2.05) is 18.2 Å². The standard InChI is InChI=1S/C16H15BrCl2O/c1-9-6-13(14(19)7-10(9)2)16(17)12-5-4-11(18)8-15(12)20-3/h4-8,16H,1-3H3. The van der Waals surface area contributed by atoms with Gasteiger partial charge in [0.25, 0.3) is 0 Å². The lowest BCUT2D eigenvalue weighted by molar-refractivity contribution is 0.410. The summed E-state index contributed by atoms with van der Waals surface area (Å²) in [6.07, 6.45) is 0. The molecule has 20 heavy (non-hydrogen) atoms. The lowest BCUT2D eigenvalue weighted by Crippen LogP contribution is -1.99. The second-order valence-corrected chi connectivity index (χ2v) is 6.47. The first-order chi connectivity index (χ1) is 9.43. The maximum absolute atomic E-state index is 6.38. The number of hydrogen-bond acceptors (Lipinski definition) is 1. The second-order valence-electron chi connectivity index (χ2n) is 4.71. The van der Waals surface area contributed by atoms with Gasteiger partial charge in [-0.25, -0.2) is 0 Å². The average Bonchev–Trinajstić information content (AvgIpc) is 2.42. The first-order valence-electron chi connectivity index (χ1n) is 6.18. The summed E-state index contributed by atoms with van der Waals surface area (Å²) in [5, 5.41) is 1.39. The minimum atomic E-state index is -0.0403. The first-order valence-corrected chi connectivity index (χ1v) is 7.85. The van der Waals surface area contributed by atoms with Crippen molar-refractivity contribution in [1.82, 2.24) is 0 Å². The van der Waals surface area contributed by atoms with Crippen LogP contribution >= 0.6 is 39.1 Å². The number of methoxy groups -OCH3 is 1. The zero-order valence-electron chi connectivity index (χ0n) is 11.5. The predicted molar refractivity (Wildman–Crippen MR) is 89.7 cm³/mol. The van der Waals surface area contributed by atoms with Gasteiger partial charge in [-0.2, -0.15) is 0 Å². The van der Waals surface area contributed by atoms with Crippen LogP contribution in [0.1, 0.15) is 27.1 Å². The number of ether oxygens (including phenoxy) is 1. The Bertz CT molecular complexity index is 641. The minimum absolute atomic E-state index is 0.0403. The van der Waals surface area contributed by atoms with E-state index in [1.54, 1.807) is 13.2 Å². The molecule has 0 amide bonds. The van der Waals surface area contributed by atoms with Gasteiger partial charge in [0.15, 0.2) is 0 Å². The van der Waals surface area contributed by atoms with Crippen molar-refractivity contribution in [3.05, 3.63) is 62.6 Å². The fraction of sp³-hybridized carbons (Fsp3) is 0.250. The second kappa shape index (κ2) is 6.38. The van der Waals surface area contributed by atoms with Crippen LogP contribution in [-0.2, 0) is 0 Å². The summed E-state index contributed by atoms with van der Waals surface area (Å²) in [7, 11) is 1.64. The van der Waals surface area contributed by atoms with Crippen molar-refractivity contribution in [1.29, 1.82) is 0 Å². The molecule has 0 radical (unpaired) electrons. The van der Waals surface area contributed by atoms with Crippen LogP contribution in [0.2, 0.25) is 10.0 Å². The quantitative estimate of drug-likeness (QED) is 0.590. The molecule has 2 rings (SSSR count). The molecule has 0 aromatic heterocycles. The summed E-state index contributed by atoms with van der Waals surface area (Å²) in [4.78, 5) is -0.0403. The molecule has 2 aromatic carbocycles. The van der Waals surface area contributed by atoms with Gasteiger partial charge in [-0.3, -0.25) is 0 Å². The highest BCUT2D eigenvalue weighted by Gasteiger charge is 2.19. The SMILES string of the molecule is COc1cc(Cl)ccc1C(Br)c1cc(C)c(C)cc1Cl. The van der Waals surface area contributed by atoms with E-state index >= 15 is 0 Å². The largest absolute Gasteiger partial charge is 0.496 e. The molecule has 0 fully saturated rings. The first kappa shape index (κ1) is 15.7. The van der Waals surface area contributed by atoms with Crippen molar-refractivity contribution in [2.45, 2.75) is 18.7 Å². The predicted octanol–water partition coefficient (Wildman–Crippen LogP) is 6.10. The third-order valence-corrected chi connectivity index (χ3v) is 4.90. The van der Waals surface area contributed by atoms with Crippen molar-refractivity contribution in [2.24, 2.45) is 0 Å². The Kier molecular flexibility index (Phi) is 5.00. The summed E-state index contributed by atoms with van der Waals surface area (Å²) in [6.45, 7) is 4.13. The molecule has 0 aliphatic rings. The van der Waals surface area contributed by atoms with E-state index in [0.29, 0.717) is 5.02 Å². The van der Waals surface area contributed by atoms with Crippen LogP contribution in [0, 0.1) is 13.8 Å². The summed E-state index contributed by atoms with van der Waals surface area (Å²) in [5.41, 5.74) is 4.42. The number of benzene rings is 2. The Hall–Kier alpha value is -0.700. The van der Waals surface area contributed by atoms with Gasteiger partial charge in [0, 0.05) is 15.6 Å². The van der Waals surface area contributed by atoms with E-state index in [4.69, 9.17) is 27.9 Å². The van der Waals surface area contributed by atoms with E-state index in [1.165, 1.54) is 11.1 Å². The van der Waals surface area contributed by atoms with Crippen molar-refractivity contribution < 1.29 is 4.74 Å². The maximum Gasteiger partial charge on any atom is 0.125 e. The van der Waals surface area contributed by atoms with Gasteiger partial charge in [-0.15, -0.1) is 0 Å². The third-order valence-electron chi connectivity index (χ3n) is 3.35. The molecule has 2 aromatic rings. The molecule has 0 heterocycles. The fourth-order valence-corrected chi connectivity index (χ4v) is 3.44. The molecule has 0 aliphatic carbocycles. The number of halogens is 3. The Morgan fingerprint density at radius 1 is 1.00 bits per heavy atom. The zero-order valence-corrected chi connectivity index (χ0v) is 14.6. The lowest BCUT2D eigenvalue weighted by Gasteiger charge is -2.17. The Balaban J connectivity index is 2.51. The van der Waals surface area contributed by atoms with Gasteiger partial charge >= 0.3 is 0 Å². The van der Waals surface area contributed by atoms with Gasteiger partial charge < -0.3 is 4.74 Å². The zero-order chi connectivity index (χ0) is 14.9. The van der Waals surface area contributed by atoms with Gasteiger partial charge in [0.2, 0.25) is 0 Å². The topological polar surface area (TPSA) is 9.23 Å². The normalized spacial score (nSPS) is 12.3. The molecule has 1 atom stereocenters. The number of rotatable bonds is 3. The third kappa shape index (κ3) is 3.13. The molecule has 1 unspecified atom stereocenters. The molecule has 0 saturated heterocycles. The van der Waals surface area contributed by atoms with Gasteiger partial charge in [-0.05, 0) is 48.7 Å². The molecule has 1 nitrogen and oxygen atoms in total. The van der Waals surface area contributed by atoms with Crippen molar-refractivity contribution in [3.63, 3.8) is 0 Å². The fourth-order valence-electron chi connectivity index (χ4n) is 2.06. The van der Waals surface area contributed by atoms with Crippen LogP contribution in [-0.4, -0.2) is 7.11 Å². The van der Waals surface area contributed by atoms with Crippen molar-refractivity contribution in [2.75, 3.05) is 7.11 Å². The minimum Gasteiger partial charge on any atom is -0.496 e. The van der Waals surface area contributed by atoms with E-state index in [0.717, 1.165) is 21.9 Å². The molecular weight excluding hydrogens is 359 g/mol. The highest BCUT2D eigenvalue weighted by atomic mass is 79.9. The Labute approximate surface area is 138 Å². The molecule has 0 aliphatic heterocycles. The summed E-state index contributed by atoms with van der Waals surface area (Å²) in [5.74, 6) is 0.744. The molecule has 0 saturated carbocycles. The Morgan fingerprint density at radius 2 is 1.65 bits per heavy atom. The summed E-state index contributed by atoms with van der Waals surface area (Å²) in [6, 6.07) is 9.70. The van der Waals surface area contributed by atoms with E-state index in [2.05, 4.69) is 35.8 Å². The van der Waals surface area contributed by atoms with E-state index in [-0.39, 0.29) is 4.83 Å².